The van der Waals surface area contributed by atoms with Crippen LogP contribution in [0.2, 0.25) is 0 Å². The monoisotopic (exact) mass is 299 g/mol. The fraction of sp³-hybridized carbons (Fsp3) is 0.500. The highest BCUT2D eigenvalue weighted by Gasteiger charge is 2.29. The Labute approximate surface area is 117 Å². The Hall–Kier alpha value is -1.51. The van der Waals surface area contributed by atoms with Crippen molar-refractivity contribution in [3.63, 3.8) is 0 Å². The van der Waals surface area contributed by atoms with Gasteiger partial charge in [-0.05, 0) is 18.8 Å². The van der Waals surface area contributed by atoms with Crippen LogP contribution in [0, 0.1) is 16.0 Å². The molecule has 1 aromatic rings. The fourth-order valence-electron chi connectivity index (χ4n) is 1.98. The van der Waals surface area contributed by atoms with Crippen molar-refractivity contribution >= 4 is 15.7 Å². The fourth-order valence-corrected chi connectivity index (χ4v) is 3.18. The van der Waals surface area contributed by atoms with Crippen LogP contribution in [0.15, 0.2) is 24.3 Å². The average Bonchev–Trinajstić information content (AvgIpc) is 3.20. The predicted octanol–water partition coefficient (Wildman–Crippen LogP) is 0.752. The quantitative estimate of drug-likeness (QED) is 0.569. The SMILES string of the molecule is NC(CNS(=O)(=O)Cc1ccccc1[N+](=O)[O-])C1CC1. The maximum absolute atomic E-state index is 11.9. The number of sulfonamides is 1. The molecule has 1 aliphatic carbocycles. The summed E-state index contributed by atoms with van der Waals surface area (Å²) in [5.41, 5.74) is 5.80. The van der Waals surface area contributed by atoms with Gasteiger partial charge in [-0.1, -0.05) is 18.2 Å². The van der Waals surface area contributed by atoms with E-state index in [1.54, 1.807) is 6.07 Å². The lowest BCUT2D eigenvalue weighted by molar-refractivity contribution is -0.385. The first-order valence-electron chi connectivity index (χ1n) is 6.34. The Morgan fingerprint density at radius 1 is 1.40 bits per heavy atom. The summed E-state index contributed by atoms with van der Waals surface area (Å²) in [5.74, 6) is -0.0228. The lowest BCUT2D eigenvalue weighted by Crippen LogP contribution is -2.39. The van der Waals surface area contributed by atoms with Crippen molar-refractivity contribution < 1.29 is 13.3 Å². The van der Waals surface area contributed by atoms with Crippen molar-refractivity contribution in [3.05, 3.63) is 39.9 Å². The normalized spacial score (nSPS) is 16.9. The number of benzene rings is 1. The maximum Gasteiger partial charge on any atom is 0.273 e. The molecule has 0 saturated heterocycles. The molecule has 0 amide bonds. The summed E-state index contributed by atoms with van der Waals surface area (Å²) in [7, 11) is -3.63. The molecule has 1 saturated carbocycles. The molecule has 2 rings (SSSR count). The van der Waals surface area contributed by atoms with Crippen LogP contribution in [0.4, 0.5) is 5.69 Å². The highest BCUT2D eigenvalue weighted by Crippen LogP contribution is 2.31. The molecule has 110 valence electrons. The lowest BCUT2D eigenvalue weighted by Gasteiger charge is -2.12. The van der Waals surface area contributed by atoms with Crippen LogP contribution in [0.3, 0.4) is 0 Å². The molecule has 1 aromatic carbocycles. The number of nitro benzene ring substituents is 1. The highest BCUT2D eigenvalue weighted by molar-refractivity contribution is 7.88. The topological polar surface area (TPSA) is 115 Å². The van der Waals surface area contributed by atoms with Crippen molar-refractivity contribution in [2.75, 3.05) is 6.54 Å². The molecule has 20 heavy (non-hydrogen) atoms. The molecule has 1 aliphatic rings. The summed E-state index contributed by atoms with van der Waals surface area (Å²) in [5, 5.41) is 10.8. The van der Waals surface area contributed by atoms with Crippen molar-refractivity contribution in [3.8, 4) is 0 Å². The molecule has 0 spiro atoms. The van der Waals surface area contributed by atoms with Crippen molar-refractivity contribution in [1.82, 2.24) is 4.72 Å². The third-order valence-electron chi connectivity index (χ3n) is 3.30. The van der Waals surface area contributed by atoms with Crippen LogP contribution < -0.4 is 10.5 Å². The van der Waals surface area contributed by atoms with Crippen LogP contribution in [0.1, 0.15) is 18.4 Å². The minimum absolute atomic E-state index is 0.171. The van der Waals surface area contributed by atoms with Gasteiger partial charge in [-0.25, -0.2) is 13.1 Å². The van der Waals surface area contributed by atoms with E-state index in [1.165, 1.54) is 18.2 Å². The van der Waals surface area contributed by atoms with Crippen molar-refractivity contribution in [2.24, 2.45) is 11.7 Å². The third-order valence-corrected chi connectivity index (χ3v) is 4.60. The second-order valence-corrected chi connectivity index (χ2v) is 6.80. The van der Waals surface area contributed by atoms with Crippen LogP contribution in [0.5, 0.6) is 0 Å². The molecule has 0 heterocycles. The average molecular weight is 299 g/mol. The summed E-state index contributed by atoms with van der Waals surface area (Å²) in [6.45, 7) is 0.174. The van der Waals surface area contributed by atoms with E-state index in [2.05, 4.69) is 4.72 Å². The molecule has 0 radical (unpaired) electrons. The molecular formula is C12H17N3O4S. The number of para-hydroxylation sites is 1. The summed E-state index contributed by atoms with van der Waals surface area (Å²) in [6.07, 6.45) is 2.07. The molecule has 1 unspecified atom stereocenters. The van der Waals surface area contributed by atoms with Gasteiger partial charge in [0.2, 0.25) is 10.0 Å². The Morgan fingerprint density at radius 3 is 2.65 bits per heavy atom. The predicted molar refractivity (Wildman–Crippen MR) is 74.4 cm³/mol. The van der Waals surface area contributed by atoms with Gasteiger partial charge < -0.3 is 5.73 Å². The maximum atomic E-state index is 11.9. The summed E-state index contributed by atoms with van der Waals surface area (Å²) < 4.78 is 26.3. The van der Waals surface area contributed by atoms with Gasteiger partial charge in [0.15, 0.2) is 0 Å². The Balaban J connectivity index is 2.02. The Kier molecular flexibility index (Phi) is 4.36. The first-order valence-corrected chi connectivity index (χ1v) is 7.99. The van der Waals surface area contributed by atoms with Crippen LogP contribution in [0.25, 0.3) is 0 Å². The second-order valence-electron chi connectivity index (χ2n) is 4.99. The molecule has 1 atom stereocenters. The molecule has 7 nitrogen and oxygen atoms in total. The van der Waals surface area contributed by atoms with E-state index in [9.17, 15) is 18.5 Å². The first-order chi connectivity index (χ1) is 9.39. The van der Waals surface area contributed by atoms with Gasteiger partial charge in [0.1, 0.15) is 0 Å². The van der Waals surface area contributed by atoms with Gasteiger partial charge in [-0.15, -0.1) is 0 Å². The van der Waals surface area contributed by atoms with Crippen LogP contribution in [-0.2, 0) is 15.8 Å². The minimum atomic E-state index is -3.63. The number of hydrogen-bond acceptors (Lipinski definition) is 5. The van der Waals surface area contributed by atoms with Crippen molar-refractivity contribution in [1.29, 1.82) is 0 Å². The number of nitrogens with two attached hydrogens (primary N) is 1. The molecule has 1 fully saturated rings. The van der Waals surface area contributed by atoms with Gasteiger partial charge in [-0.2, -0.15) is 0 Å². The first kappa shape index (κ1) is 14.9. The number of hydrogen-bond donors (Lipinski definition) is 2. The summed E-state index contributed by atoms with van der Waals surface area (Å²) in [6, 6.07) is 5.63. The van der Waals surface area contributed by atoms with E-state index < -0.39 is 20.7 Å². The molecular weight excluding hydrogens is 282 g/mol. The Morgan fingerprint density at radius 2 is 2.05 bits per heavy atom. The summed E-state index contributed by atoms with van der Waals surface area (Å²) >= 11 is 0. The zero-order valence-corrected chi connectivity index (χ0v) is 11.7. The molecule has 0 aliphatic heterocycles. The van der Waals surface area contributed by atoms with Gasteiger partial charge >= 0.3 is 0 Å². The zero-order valence-electron chi connectivity index (χ0n) is 10.9. The van der Waals surface area contributed by atoms with E-state index in [4.69, 9.17) is 5.73 Å². The molecule has 8 heteroatoms. The molecule has 0 aromatic heterocycles. The smallest absolute Gasteiger partial charge is 0.273 e. The molecule has 3 N–H and O–H groups in total. The van der Waals surface area contributed by atoms with E-state index in [1.807, 2.05) is 0 Å². The largest absolute Gasteiger partial charge is 0.326 e. The van der Waals surface area contributed by atoms with E-state index in [0.29, 0.717) is 5.92 Å². The Bertz CT molecular complexity index is 598. The van der Waals surface area contributed by atoms with Crippen LogP contribution in [-0.4, -0.2) is 25.9 Å². The standard InChI is InChI=1S/C12H17N3O4S/c13-11(9-5-6-9)7-14-20(18,19)8-10-3-1-2-4-12(10)15(16)17/h1-4,9,11,14H,5-8,13H2. The van der Waals surface area contributed by atoms with Crippen molar-refractivity contribution in [2.45, 2.75) is 24.6 Å². The van der Waals surface area contributed by atoms with E-state index in [-0.39, 0.29) is 23.8 Å². The number of nitrogens with zero attached hydrogens (tertiary/aromatic N) is 1. The van der Waals surface area contributed by atoms with E-state index in [0.717, 1.165) is 12.8 Å². The lowest BCUT2D eigenvalue weighted by atomic mass is 10.2. The summed E-state index contributed by atoms with van der Waals surface area (Å²) in [4.78, 5) is 10.3. The highest BCUT2D eigenvalue weighted by atomic mass is 32.2. The zero-order chi connectivity index (χ0) is 14.8. The molecule has 0 bridgehead atoms. The van der Waals surface area contributed by atoms with Gasteiger partial charge in [0, 0.05) is 24.2 Å². The number of rotatable bonds is 7. The second kappa shape index (κ2) is 5.86. The minimum Gasteiger partial charge on any atom is -0.326 e. The number of nitrogens with one attached hydrogen (secondary N) is 1. The third kappa shape index (κ3) is 3.99. The van der Waals surface area contributed by atoms with Gasteiger partial charge in [0.25, 0.3) is 5.69 Å². The van der Waals surface area contributed by atoms with Gasteiger partial charge in [0.05, 0.1) is 10.7 Å². The van der Waals surface area contributed by atoms with E-state index >= 15 is 0 Å². The van der Waals surface area contributed by atoms with Crippen LogP contribution >= 0.6 is 0 Å². The van der Waals surface area contributed by atoms with Gasteiger partial charge in [-0.3, -0.25) is 10.1 Å². The number of nitro groups is 1.